The summed E-state index contributed by atoms with van der Waals surface area (Å²) in [5.74, 6) is 0.680. The molecule has 0 aliphatic carbocycles. The van der Waals surface area contributed by atoms with E-state index in [2.05, 4.69) is 27.5 Å². The van der Waals surface area contributed by atoms with E-state index in [0.717, 1.165) is 64.2 Å². The van der Waals surface area contributed by atoms with Crippen LogP contribution in [0.3, 0.4) is 0 Å². The molecule has 2 aromatic heterocycles. The molecule has 1 aliphatic heterocycles. The van der Waals surface area contributed by atoms with Crippen LogP contribution in [0.5, 0.6) is 5.88 Å². The van der Waals surface area contributed by atoms with Gasteiger partial charge in [-0.15, -0.1) is 6.58 Å². The molecule has 0 bridgehead atoms. The van der Waals surface area contributed by atoms with E-state index in [4.69, 9.17) is 9.47 Å². The van der Waals surface area contributed by atoms with Gasteiger partial charge in [-0.05, 0) is 24.8 Å². The number of nitrogens with zero attached hydrogens (tertiary/aromatic N) is 4. The van der Waals surface area contributed by atoms with Crippen LogP contribution in [-0.2, 0) is 11.3 Å². The lowest BCUT2D eigenvalue weighted by Gasteiger charge is -2.26. The van der Waals surface area contributed by atoms with E-state index in [9.17, 15) is 0 Å². The third kappa shape index (κ3) is 5.97. The van der Waals surface area contributed by atoms with Gasteiger partial charge in [0.05, 0.1) is 19.5 Å². The minimum Gasteiger partial charge on any atom is -0.473 e. The second-order valence-corrected chi connectivity index (χ2v) is 6.61. The predicted molar refractivity (Wildman–Crippen MR) is 101 cm³/mol. The molecular formula is C20H28N4O2. The van der Waals surface area contributed by atoms with Gasteiger partial charge in [-0.1, -0.05) is 12.1 Å². The van der Waals surface area contributed by atoms with Gasteiger partial charge in [0.2, 0.25) is 5.88 Å². The standard InChI is InChI=1S/C20H28N4O2/c1-2-3-5-19(16-23-9-4-12-25-13-11-23)26-20-7-6-18(14-22-20)15-24-10-8-21-17-24/h2,6-8,10,14,17,19H,1,3-5,9,11-13,15-16H2/t19-/m0/s1. The molecule has 3 rings (SSSR count). The Balaban J connectivity index is 1.57. The Hall–Kier alpha value is -2.18. The highest BCUT2D eigenvalue weighted by molar-refractivity contribution is 5.18. The number of pyridine rings is 1. The van der Waals surface area contributed by atoms with Crippen LogP contribution in [0.2, 0.25) is 0 Å². The van der Waals surface area contributed by atoms with Gasteiger partial charge in [-0.3, -0.25) is 4.90 Å². The van der Waals surface area contributed by atoms with Crippen molar-refractivity contribution in [1.82, 2.24) is 19.4 Å². The van der Waals surface area contributed by atoms with Gasteiger partial charge < -0.3 is 14.0 Å². The lowest BCUT2D eigenvalue weighted by molar-refractivity contribution is 0.109. The molecular weight excluding hydrogens is 328 g/mol. The van der Waals surface area contributed by atoms with E-state index in [1.54, 1.807) is 12.5 Å². The molecule has 0 unspecified atom stereocenters. The summed E-state index contributed by atoms with van der Waals surface area (Å²) < 4.78 is 13.8. The molecule has 0 aromatic carbocycles. The van der Waals surface area contributed by atoms with Gasteiger partial charge in [0, 0.05) is 50.9 Å². The van der Waals surface area contributed by atoms with Crippen molar-refractivity contribution in [3.05, 3.63) is 55.3 Å². The first-order valence-corrected chi connectivity index (χ1v) is 9.32. The average Bonchev–Trinajstić information content (AvgIpc) is 3.03. The Morgan fingerprint density at radius 1 is 1.31 bits per heavy atom. The molecule has 0 radical (unpaired) electrons. The minimum atomic E-state index is 0.109. The van der Waals surface area contributed by atoms with E-state index in [1.165, 1.54) is 0 Å². The lowest BCUT2D eigenvalue weighted by atomic mass is 10.1. The van der Waals surface area contributed by atoms with Crippen LogP contribution in [0, 0.1) is 0 Å². The summed E-state index contributed by atoms with van der Waals surface area (Å²) in [4.78, 5) is 11.0. The smallest absolute Gasteiger partial charge is 0.213 e. The van der Waals surface area contributed by atoms with Gasteiger partial charge >= 0.3 is 0 Å². The van der Waals surface area contributed by atoms with Crippen molar-refractivity contribution >= 4 is 0 Å². The number of allylic oxidation sites excluding steroid dienone is 1. The van der Waals surface area contributed by atoms with Crippen molar-refractivity contribution < 1.29 is 9.47 Å². The second-order valence-electron chi connectivity index (χ2n) is 6.61. The molecule has 140 valence electrons. The summed E-state index contributed by atoms with van der Waals surface area (Å²) in [6.07, 6.45) is 12.4. The molecule has 1 aliphatic rings. The number of rotatable bonds is 9. The highest BCUT2D eigenvalue weighted by atomic mass is 16.5. The molecule has 3 heterocycles. The first-order chi connectivity index (χ1) is 12.8. The summed E-state index contributed by atoms with van der Waals surface area (Å²) >= 11 is 0. The maximum Gasteiger partial charge on any atom is 0.213 e. The number of aromatic nitrogens is 3. The summed E-state index contributed by atoms with van der Waals surface area (Å²) in [5, 5.41) is 0. The van der Waals surface area contributed by atoms with E-state index in [1.807, 2.05) is 29.1 Å². The van der Waals surface area contributed by atoms with Crippen molar-refractivity contribution in [2.75, 3.05) is 32.8 Å². The molecule has 1 atom stereocenters. The fourth-order valence-electron chi connectivity index (χ4n) is 3.10. The van der Waals surface area contributed by atoms with Crippen LogP contribution < -0.4 is 4.74 Å². The van der Waals surface area contributed by atoms with Gasteiger partial charge in [-0.25, -0.2) is 9.97 Å². The first-order valence-electron chi connectivity index (χ1n) is 9.32. The van der Waals surface area contributed by atoms with Crippen LogP contribution in [0.1, 0.15) is 24.8 Å². The normalized spacial score (nSPS) is 16.8. The summed E-state index contributed by atoms with van der Waals surface area (Å²) in [5.41, 5.74) is 1.13. The van der Waals surface area contributed by atoms with Crippen molar-refractivity contribution in [2.45, 2.75) is 31.9 Å². The molecule has 1 fully saturated rings. The van der Waals surface area contributed by atoms with E-state index in [-0.39, 0.29) is 6.10 Å². The zero-order valence-electron chi connectivity index (χ0n) is 15.3. The number of hydrogen-bond acceptors (Lipinski definition) is 5. The number of hydrogen-bond donors (Lipinski definition) is 0. The fraction of sp³-hybridized carbons (Fsp3) is 0.500. The van der Waals surface area contributed by atoms with E-state index < -0.39 is 0 Å². The Bertz CT molecular complexity index is 634. The molecule has 0 saturated carbocycles. The number of ether oxygens (including phenoxy) is 2. The molecule has 0 N–H and O–H groups in total. The maximum atomic E-state index is 6.19. The van der Waals surface area contributed by atoms with Gasteiger partial charge in [0.1, 0.15) is 6.10 Å². The lowest BCUT2D eigenvalue weighted by Crippen LogP contribution is -2.37. The van der Waals surface area contributed by atoms with Crippen LogP contribution in [0.4, 0.5) is 0 Å². The van der Waals surface area contributed by atoms with Crippen LogP contribution in [0.15, 0.2) is 49.7 Å². The second kappa shape index (κ2) is 10.1. The van der Waals surface area contributed by atoms with Crippen LogP contribution in [-0.4, -0.2) is 58.4 Å². The zero-order valence-corrected chi connectivity index (χ0v) is 15.3. The van der Waals surface area contributed by atoms with E-state index in [0.29, 0.717) is 5.88 Å². The third-order valence-corrected chi connectivity index (χ3v) is 4.48. The molecule has 2 aromatic rings. The fourth-order valence-corrected chi connectivity index (χ4v) is 3.10. The van der Waals surface area contributed by atoms with Crippen LogP contribution >= 0.6 is 0 Å². The molecule has 6 nitrogen and oxygen atoms in total. The number of imidazole rings is 1. The van der Waals surface area contributed by atoms with Gasteiger partial charge in [-0.2, -0.15) is 0 Å². The Morgan fingerprint density at radius 2 is 2.27 bits per heavy atom. The van der Waals surface area contributed by atoms with Crippen LogP contribution in [0.25, 0.3) is 0 Å². The minimum absolute atomic E-state index is 0.109. The summed E-state index contributed by atoms with van der Waals surface area (Å²) in [6.45, 7) is 9.18. The quantitative estimate of drug-likeness (QED) is 0.647. The SMILES string of the molecule is C=CCC[C@@H](CN1CCCOCC1)Oc1ccc(Cn2ccnc2)cn1. The highest BCUT2D eigenvalue weighted by Crippen LogP contribution is 2.15. The third-order valence-electron chi connectivity index (χ3n) is 4.48. The van der Waals surface area contributed by atoms with Crippen molar-refractivity contribution in [2.24, 2.45) is 0 Å². The highest BCUT2D eigenvalue weighted by Gasteiger charge is 2.17. The largest absolute Gasteiger partial charge is 0.473 e. The molecule has 26 heavy (non-hydrogen) atoms. The Labute approximate surface area is 155 Å². The van der Waals surface area contributed by atoms with Gasteiger partial charge in [0.25, 0.3) is 0 Å². The molecule has 0 amide bonds. The maximum absolute atomic E-state index is 6.19. The summed E-state index contributed by atoms with van der Waals surface area (Å²) in [6, 6.07) is 4.02. The van der Waals surface area contributed by atoms with Gasteiger partial charge in [0.15, 0.2) is 0 Å². The first kappa shape index (κ1) is 18.6. The van der Waals surface area contributed by atoms with Crippen molar-refractivity contribution in [1.29, 1.82) is 0 Å². The summed E-state index contributed by atoms with van der Waals surface area (Å²) in [7, 11) is 0. The zero-order chi connectivity index (χ0) is 18.0. The van der Waals surface area contributed by atoms with Crippen molar-refractivity contribution in [3.8, 4) is 5.88 Å². The monoisotopic (exact) mass is 356 g/mol. The Morgan fingerprint density at radius 3 is 3.04 bits per heavy atom. The molecule has 6 heteroatoms. The molecule has 0 spiro atoms. The molecule has 1 saturated heterocycles. The average molecular weight is 356 g/mol. The van der Waals surface area contributed by atoms with E-state index >= 15 is 0 Å². The topological polar surface area (TPSA) is 52.4 Å². The Kier molecular flexibility index (Phi) is 7.22. The predicted octanol–water partition coefficient (Wildman–Crippen LogP) is 2.76. The van der Waals surface area contributed by atoms with Crippen molar-refractivity contribution in [3.63, 3.8) is 0 Å².